The van der Waals surface area contributed by atoms with Crippen LogP contribution in [0.1, 0.15) is 5.56 Å². The highest BCUT2D eigenvalue weighted by Gasteiger charge is 2.07. The van der Waals surface area contributed by atoms with Crippen molar-refractivity contribution in [2.24, 2.45) is 0 Å². The Balaban J connectivity index is 2.34. The number of pyridine rings is 1. The second-order valence-electron chi connectivity index (χ2n) is 3.45. The smallest absolute Gasteiger partial charge is 0.233 e. The molecule has 2 rings (SSSR count). The molecule has 1 aromatic heterocycles. The van der Waals surface area contributed by atoms with E-state index in [1.807, 2.05) is 31.2 Å². The maximum atomic E-state index is 5.77. The number of halogens is 3. The number of aromatic nitrogens is 1. The van der Waals surface area contributed by atoms with E-state index in [4.69, 9.17) is 4.74 Å². The lowest BCUT2D eigenvalue weighted by Crippen LogP contribution is -1.91. The minimum atomic E-state index is 0.550. The van der Waals surface area contributed by atoms with E-state index in [9.17, 15) is 0 Å². The van der Waals surface area contributed by atoms with E-state index in [1.165, 1.54) is 0 Å². The van der Waals surface area contributed by atoms with Crippen LogP contribution < -0.4 is 4.74 Å². The van der Waals surface area contributed by atoms with Gasteiger partial charge in [0, 0.05) is 15.1 Å². The summed E-state index contributed by atoms with van der Waals surface area (Å²) in [5.74, 6) is 1.34. The number of hydrogen-bond acceptors (Lipinski definition) is 2. The lowest BCUT2D eigenvalue weighted by atomic mass is 10.2. The van der Waals surface area contributed by atoms with Crippen LogP contribution in [0, 0.1) is 6.92 Å². The van der Waals surface area contributed by atoms with E-state index in [0.717, 1.165) is 24.7 Å². The second kappa shape index (κ2) is 5.50. The first-order valence-corrected chi connectivity index (χ1v) is 7.19. The highest BCUT2D eigenvalue weighted by molar-refractivity contribution is 9.11. The van der Waals surface area contributed by atoms with Gasteiger partial charge in [-0.05, 0) is 62.5 Å². The molecule has 0 unspecified atom stereocenters. The Kier molecular flexibility index (Phi) is 4.22. The van der Waals surface area contributed by atoms with Crippen molar-refractivity contribution in [1.29, 1.82) is 0 Å². The van der Waals surface area contributed by atoms with Gasteiger partial charge in [-0.3, -0.25) is 0 Å². The normalized spacial score (nSPS) is 10.4. The third-order valence-electron chi connectivity index (χ3n) is 2.13. The van der Waals surface area contributed by atoms with Gasteiger partial charge in [-0.2, -0.15) is 0 Å². The van der Waals surface area contributed by atoms with Crippen molar-refractivity contribution in [2.45, 2.75) is 6.92 Å². The van der Waals surface area contributed by atoms with Gasteiger partial charge in [0.25, 0.3) is 0 Å². The number of benzene rings is 1. The molecule has 0 aliphatic heterocycles. The van der Waals surface area contributed by atoms with Gasteiger partial charge >= 0.3 is 0 Å². The molecule has 88 valence electrons. The van der Waals surface area contributed by atoms with Crippen LogP contribution in [0.3, 0.4) is 0 Å². The van der Waals surface area contributed by atoms with E-state index < -0.39 is 0 Å². The highest BCUT2D eigenvalue weighted by atomic mass is 79.9. The third kappa shape index (κ3) is 3.30. The molecular weight excluding hydrogens is 414 g/mol. The SMILES string of the molecule is Cc1ccc(Br)cc1Oc1ncc(Br)cc1Br. The lowest BCUT2D eigenvalue weighted by molar-refractivity contribution is 0.455. The molecule has 17 heavy (non-hydrogen) atoms. The fourth-order valence-electron chi connectivity index (χ4n) is 1.27. The topological polar surface area (TPSA) is 22.1 Å². The molecule has 1 aromatic carbocycles. The fourth-order valence-corrected chi connectivity index (χ4v) is 2.67. The van der Waals surface area contributed by atoms with Gasteiger partial charge in [0.2, 0.25) is 5.88 Å². The number of nitrogens with zero attached hydrogens (tertiary/aromatic N) is 1. The Hall–Kier alpha value is -0.390. The number of ether oxygens (including phenoxy) is 1. The summed E-state index contributed by atoms with van der Waals surface area (Å²) < 4.78 is 8.46. The first-order chi connectivity index (χ1) is 8.06. The van der Waals surface area contributed by atoms with Crippen LogP contribution in [-0.4, -0.2) is 4.98 Å². The van der Waals surface area contributed by atoms with E-state index in [2.05, 4.69) is 52.8 Å². The van der Waals surface area contributed by atoms with Crippen molar-refractivity contribution in [1.82, 2.24) is 4.98 Å². The molecule has 5 heteroatoms. The molecular formula is C12H8Br3NO. The van der Waals surface area contributed by atoms with E-state index in [1.54, 1.807) is 6.20 Å². The summed E-state index contributed by atoms with van der Waals surface area (Å²) in [4.78, 5) is 4.21. The summed E-state index contributed by atoms with van der Waals surface area (Å²) in [6.07, 6.45) is 1.70. The number of aryl methyl sites for hydroxylation is 1. The second-order valence-corrected chi connectivity index (χ2v) is 6.14. The molecule has 0 aliphatic carbocycles. The minimum absolute atomic E-state index is 0.550. The molecule has 1 heterocycles. The van der Waals surface area contributed by atoms with Crippen LogP contribution in [0.15, 0.2) is 43.9 Å². The zero-order valence-corrected chi connectivity index (χ0v) is 13.6. The van der Waals surface area contributed by atoms with E-state index >= 15 is 0 Å². The molecule has 0 radical (unpaired) electrons. The van der Waals surface area contributed by atoms with Gasteiger partial charge < -0.3 is 4.74 Å². The van der Waals surface area contributed by atoms with Crippen LogP contribution in [-0.2, 0) is 0 Å². The van der Waals surface area contributed by atoms with Crippen LogP contribution in [0.2, 0.25) is 0 Å². The quantitative estimate of drug-likeness (QED) is 0.641. The van der Waals surface area contributed by atoms with Gasteiger partial charge in [-0.1, -0.05) is 22.0 Å². The average Bonchev–Trinajstić information content (AvgIpc) is 2.27. The van der Waals surface area contributed by atoms with Crippen molar-refractivity contribution in [3.05, 3.63) is 49.4 Å². The Bertz CT molecular complexity index is 557. The molecule has 2 nitrogen and oxygen atoms in total. The Labute approximate surface area is 125 Å². The van der Waals surface area contributed by atoms with Crippen molar-refractivity contribution in [2.75, 3.05) is 0 Å². The summed E-state index contributed by atoms with van der Waals surface area (Å²) in [6, 6.07) is 7.79. The van der Waals surface area contributed by atoms with Gasteiger partial charge in [0.05, 0.1) is 4.47 Å². The standard InChI is InChI=1S/C12H8Br3NO/c1-7-2-3-8(13)5-11(7)17-12-10(15)4-9(14)6-16-12/h2-6H,1H3. The largest absolute Gasteiger partial charge is 0.438 e. The predicted octanol–water partition coefficient (Wildman–Crippen LogP) is 5.47. The monoisotopic (exact) mass is 419 g/mol. The molecule has 0 bridgehead atoms. The van der Waals surface area contributed by atoms with Crippen molar-refractivity contribution in [3.63, 3.8) is 0 Å². The average molecular weight is 422 g/mol. The first kappa shape index (κ1) is 13.1. The van der Waals surface area contributed by atoms with Crippen molar-refractivity contribution < 1.29 is 4.74 Å². The maximum Gasteiger partial charge on any atom is 0.233 e. The minimum Gasteiger partial charge on any atom is -0.438 e. The predicted molar refractivity (Wildman–Crippen MR) is 78.6 cm³/mol. The highest BCUT2D eigenvalue weighted by Crippen LogP contribution is 2.32. The number of rotatable bonds is 2. The Morgan fingerprint density at radius 1 is 1.06 bits per heavy atom. The molecule has 0 saturated heterocycles. The zero-order valence-electron chi connectivity index (χ0n) is 8.88. The molecule has 0 N–H and O–H groups in total. The van der Waals surface area contributed by atoms with Crippen molar-refractivity contribution >= 4 is 47.8 Å². The van der Waals surface area contributed by atoms with Gasteiger partial charge in [-0.15, -0.1) is 0 Å². The van der Waals surface area contributed by atoms with Crippen LogP contribution in [0.4, 0.5) is 0 Å². The molecule has 0 spiro atoms. The summed E-state index contributed by atoms with van der Waals surface area (Å²) in [7, 11) is 0. The van der Waals surface area contributed by atoms with Gasteiger partial charge in [-0.25, -0.2) is 4.98 Å². The molecule has 0 fully saturated rings. The number of hydrogen-bond donors (Lipinski definition) is 0. The molecule has 2 aromatic rings. The lowest BCUT2D eigenvalue weighted by Gasteiger charge is -2.09. The van der Waals surface area contributed by atoms with Crippen molar-refractivity contribution in [3.8, 4) is 11.6 Å². The molecule has 0 saturated carbocycles. The van der Waals surface area contributed by atoms with Crippen LogP contribution >= 0.6 is 47.8 Å². The van der Waals surface area contributed by atoms with E-state index in [0.29, 0.717) is 5.88 Å². The van der Waals surface area contributed by atoms with Crippen LogP contribution in [0.5, 0.6) is 11.6 Å². The molecule has 0 atom stereocenters. The Morgan fingerprint density at radius 3 is 2.53 bits per heavy atom. The van der Waals surface area contributed by atoms with Gasteiger partial charge in [0.1, 0.15) is 5.75 Å². The summed E-state index contributed by atoms with van der Waals surface area (Å²) in [6.45, 7) is 1.99. The van der Waals surface area contributed by atoms with E-state index in [-0.39, 0.29) is 0 Å². The third-order valence-corrected chi connectivity index (χ3v) is 3.63. The van der Waals surface area contributed by atoms with Gasteiger partial charge in [0.15, 0.2) is 0 Å². The fraction of sp³-hybridized carbons (Fsp3) is 0.0833. The summed E-state index contributed by atoms with van der Waals surface area (Å²) in [5.41, 5.74) is 1.06. The first-order valence-electron chi connectivity index (χ1n) is 4.81. The molecule has 0 aliphatic rings. The van der Waals surface area contributed by atoms with Crippen LogP contribution in [0.25, 0.3) is 0 Å². The maximum absolute atomic E-state index is 5.77. The molecule has 0 amide bonds. The Morgan fingerprint density at radius 2 is 1.82 bits per heavy atom. The zero-order chi connectivity index (χ0) is 12.4. The summed E-state index contributed by atoms with van der Waals surface area (Å²) in [5, 5.41) is 0. The summed E-state index contributed by atoms with van der Waals surface area (Å²) >= 11 is 10.2.